The SMILES string of the molecule is CCCCCCCCNC(=O)c1ccncc1. The van der Waals surface area contributed by atoms with E-state index in [1.54, 1.807) is 24.5 Å². The second-order valence-corrected chi connectivity index (χ2v) is 4.26. The van der Waals surface area contributed by atoms with Crippen molar-refractivity contribution >= 4 is 5.91 Å². The fourth-order valence-corrected chi connectivity index (χ4v) is 1.71. The molecule has 0 radical (unpaired) electrons. The lowest BCUT2D eigenvalue weighted by Gasteiger charge is -2.04. The Hall–Kier alpha value is -1.38. The van der Waals surface area contributed by atoms with Crippen LogP contribution in [0.15, 0.2) is 24.5 Å². The molecule has 3 heteroatoms. The van der Waals surface area contributed by atoms with Gasteiger partial charge in [0.2, 0.25) is 0 Å². The first-order valence-electron chi connectivity index (χ1n) is 6.53. The predicted molar refractivity (Wildman–Crippen MR) is 69.9 cm³/mol. The topological polar surface area (TPSA) is 42.0 Å². The molecule has 0 bridgehead atoms. The molecule has 0 saturated heterocycles. The summed E-state index contributed by atoms with van der Waals surface area (Å²) in [7, 11) is 0. The molecule has 0 aromatic carbocycles. The molecule has 0 aliphatic carbocycles. The Morgan fingerprint density at radius 3 is 2.47 bits per heavy atom. The van der Waals surface area contributed by atoms with Gasteiger partial charge in [0, 0.05) is 24.5 Å². The summed E-state index contributed by atoms with van der Waals surface area (Å²) in [6.45, 7) is 2.99. The number of pyridine rings is 1. The molecule has 1 N–H and O–H groups in total. The third-order valence-corrected chi connectivity index (χ3v) is 2.76. The summed E-state index contributed by atoms with van der Waals surface area (Å²) >= 11 is 0. The van der Waals surface area contributed by atoms with Crippen LogP contribution in [-0.4, -0.2) is 17.4 Å². The van der Waals surface area contributed by atoms with E-state index in [4.69, 9.17) is 0 Å². The van der Waals surface area contributed by atoms with Crippen LogP contribution in [0.5, 0.6) is 0 Å². The molecular weight excluding hydrogens is 212 g/mol. The van der Waals surface area contributed by atoms with Crippen molar-refractivity contribution in [1.29, 1.82) is 0 Å². The smallest absolute Gasteiger partial charge is 0.251 e. The van der Waals surface area contributed by atoms with E-state index < -0.39 is 0 Å². The molecule has 0 atom stereocenters. The Bertz CT molecular complexity index is 311. The third-order valence-electron chi connectivity index (χ3n) is 2.76. The Morgan fingerprint density at radius 1 is 1.12 bits per heavy atom. The molecule has 94 valence electrons. The lowest BCUT2D eigenvalue weighted by atomic mass is 10.1. The van der Waals surface area contributed by atoms with Crippen LogP contribution >= 0.6 is 0 Å². The fourth-order valence-electron chi connectivity index (χ4n) is 1.71. The van der Waals surface area contributed by atoms with Gasteiger partial charge in [-0.2, -0.15) is 0 Å². The van der Waals surface area contributed by atoms with Gasteiger partial charge in [-0.15, -0.1) is 0 Å². The van der Waals surface area contributed by atoms with Crippen LogP contribution in [0.3, 0.4) is 0 Å². The maximum absolute atomic E-state index is 11.6. The molecule has 17 heavy (non-hydrogen) atoms. The largest absolute Gasteiger partial charge is 0.352 e. The highest BCUT2D eigenvalue weighted by Gasteiger charge is 2.02. The van der Waals surface area contributed by atoms with Gasteiger partial charge < -0.3 is 5.32 Å². The van der Waals surface area contributed by atoms with Gasteiger partial charge in [-0.3, -0.25) is 9.78 Å². The molecule has 1 rings (SSSR count). The molecule has 0 unspecified atom stereocenters. The highest BCUT2D eigenvalue weighted by atomic mass is 16.1. The standard InChI is InChI=1S/C14H22N2O/c1-2-3-4-5-6-7-10-16-14(17)13-8-11-15-12-9-13/h8-9,11-12H,2-7,10H2,1H3,(H,16,17). The minimum Gasteiger partial charge on any atom is -0.352 e. The average molecular weight is 234 g/mol. The number of rotatable bonds is 8. The van der Waals surface area contributed by atoms with Crippen molar-refractivity contribution < 1.29 is 4.79 Å². The molecular formula is C14H22N2O. The summed E-state index contributed by atoms with van der Waals surface area (Å²) < 4.78 is 0. The number of aromatic nitrogens is 1. The van der Waals surface area contributed by atoms with E-state index in [2.05, 4.69) is 17.2 Å². The summed E-state index contributed by atoms with van der Waals surface area (Å²) in [5, 5.41) is 2.92. The van der Waals surface area contributed by atoms with E-state index in [0.29, 0.717) is 5.56 Å². The second-order valence-electron chi connectivity index (χ2n) is 4.26. The maximum Gasteiger partial charge on any atom is 0.251 e. The second kappa shape index (κ2) is 8.74. The number of hydrogen-bond acceptors (Lipinski definition) is 2. The number of amides is 1. The fraction of sp³-hybridized carbons (Fsp3) is 0.571. The summed E-state index contributed by atoms with van der Waals surface area (Å²) in [5.41, 5.74) is 0.686. The summed E-state index contributed by atoms with van der Waals surface area (Å²) in [5.74, 6) is 0.000887. The molecule has 1 aromatic rings. The molecule has 1 aromatic heterocycles. The van der Waals surface area contributed by atoms with Gasteiger partial charge in [0.25, 0.3) is 5.91 Å². The molecule has 0 saturated carbocycles. The van der Waals surface area contributed by atoms with Gasteiger partial charge in [0.1, 0.15) is 0 Å². The van der Waals surface area contributed by atoms with E-state index in [1.165, 1.54) is 32.1 Å². The van der Waals surface area contributed by atoms with Crippen molar-refractivity contribution in [1.82, 2.24) is 10.3 Å². The van der Waals surface area contributed by atoms with Gasteiger partial charge in [-0.1, -0.05) is 39.0 Å². The van der Waals surface area contributed by atoms with Crippen molar-refractivity contribution in [2.24, 2.45) is 0 Å². The zero-order valence-electron chi connectivity index (χ0n) is 10.6. The number of unbranched alkanes of at least 4 members (excludes halogenated alkanes) is 5. The van der Waals surface area contributed by atoms with Gasteiger partial charge in [-0.25, -0.2) is 0 Å². The molecule has 0 aliphatic rings. The van der Waals surface area contributed by atoms with Crippen molar-refractivity contribution in [3.63, 3.8) is 0 Å². The first-order chi connectivity index (χ1) is 8.34. The molecule has 0 aliphatic heterocycles. The minimum atomic E-state index is 0.000887. The van der Waals surface area contributed by atoms with Crippen LogP contribution in [0, 0.1) is 0 Å². The van der Waals surface area contributed by atoms with Crippen molar-refractivity contribution in [2.75, 3.05) is 6.54 Å². The monoisotopic (exact) mass is 234 g/mol. The van der Waals surface area contributed by atoms with Crippen molar-refractivity contribution in [2.45, 2.75) is 45.4 Å². The van der Waals surface area contributed by atoms with Gasteiger partial charge in [-0.05, 0) is 18.6 Å². The number of carbonyl (C=O) groups excluding carboxylic acids is 1. The zero-order chi connectivity index (χ0) is 12.3. The normalized spacial score (nSPS) is 10.2. The quantitative estimate of drug-likeness (QED) is 0.702. The highest BCUT2D eigenvalue weighted by molar-refractivity contribution is 5.93. The van der Waals surface area contributed by atoms with Crippen LogP contribution < -0.4 is 5.32 Å². The predicted octanol–water partition coefficient (Wildman–Crippen LogP) is 3.17. The van der Waals surface area contributed by atoms with Gasteiger partial charge in [0.05, 0.1) is 0 Å². The molecule has 1 amide bonds. The van der Waals surface area contributed by atoms with E-state index in [1.807, 2.05) is 0 Å². The van der Waals surface area contributed by atoms with Crippen LogP contribution in [0.2, 0.25) is 0 Å². The maximum atomic E-state index is 11.6. The first-order valence-corrected chi connectivity index (χ1v) is 6.53. The van der Waals surface area contributed by atoms with Crippen LogP contribution in [-0.2, 0) is 0 Å². The Kier molecular flexibility index (Phi) is 7.03. The number of nitrogens with zero attached hydrogens (tertiary/aromatic N) is 1. The lowest BCUT2D eigenvalue weighted by Crippen LogP contribution is -2.24. The Labute approximate surface area is 104 Å². The molecule has 1 heterocycles. The lowest BCUT2D eigenvalue weighted by molar-refractivity contribution is 0.0953. The third kappa shape index (κ3) is 6.05. The molecule has 0 fully saturated rings. The molecule has 0 spiro atoms. The highest BCUT2D eigenvalue weighted by Crippen LogP contribution is 2.04. The zero-order valence-corrected chi connectivity index (χ0v) is 10.6. The van der Waals surface area contributed by atoms with E-state index in [0.717, 1.165) is 13.0 Å². The molecule has 3 nitrogen and oxygen atoms in total. The Morgan fingerprint density at radius 2 is 1.76 bits per heavy atom. The van der Waals surface area contributed by atoms with Gasteiger partial charge in [0.15, 0.2) is 0 Å². The van der Waals surface area contributed by atoms with Crippen molar-refractivity contribution in [3.05, 3.63) is 30.1 Å². The van der Waals surface area contributed by atoms with Crippen LogP contribution in [0.4, 0.5) is 0 Å². The number of nitrogens with one attached hydrogen (secondary N) is 1. The van der Waals surface area contributed by atoms with E-state index in [9.17, 15) is 4.79 Å². The van der Waals surface area contributed by atoms with E-state index in [-0.39, 0.29) is 5.91 Å². The van der Waals surface area contributed by atoms with Crippen LogP contribution in [0.25, 0.3) is 0 Å². The summed E-state index contributed by atoms with van der Waals surface area (Å²) in [4.78, 5) is 15.5. The van der Waals surface area contributed by atoms with Crippen molar-refractivity contribution in [3.8, 4) is 0 Å². The Balaban J connectivity index is 2.05. The summed E-state index contributed by atoms with van der Waals surface area (Å²) in [6.07, 6.45) is 10.7. The van der Waals surface area contributed by atoms with Crippen LogP contribution in [0.1, 0.15) is 55.8 Å². The number of carbonyl (C=O) groups is 1. The van der Waals surface area contributed by atoms with Gasteiger partial charge >= 0.3 is 0 Å². The van der Waals surface area contributed by atoms with E-state index >= 15 is 0 Å². The number of hydrogen-bond donors (Lipinski definition) is 1. The first kappa shape index (κ1) is 13.7. The summed E-state index contributed by atoms with van der Waals surface area (Å²) in [6, 6.07) is 3.47. The minimum absolute atomic E-state index is 0.000887. The average Bonchev–Trinajstić information content (AvgIpc) is 2.38.